The van der Waals surface area contributed by atoms with Crippen LogP contribution in [0.3, 0.4) is 0 Å². The molecule has 3 nitrogen and oxygen atoms in total. The molecule has 84 valence electrons. The average Bonchev–Trinajstić information content (AvgIpc) is 2.59. The van der Waals surface area contributed by atoms with E-state index in [1.165, 1.54) is 17.0 Å². The molecular weight excluding hydrogens is 198 g/mol. The smallest absolute Gasteiger partial charge is 0.0736 e. The van der Waals surface area contributed by atoms with Crippen molar-refractivity contribution in [1.29, 1.82) is 0 Å². The SMILES string of the molecule is Cc1ccc(CNn2c(C)ccc2C)nc1. The van der Waals surface area contributed by atoms with E-state index in [1.54, 1.807) is 0 Å². The molecule has 0 aliphatic heterocycles. The second-order valence-corrected chi connectivity index (χ2v) is 4.11. The third kappa shape index (κ3) is 2.24. The van der Waals surface area contributed by atoms with Crippen molar-refractivity contribution >= 4 is 0 Å². The van der Waals surface area contributed by atoms with Crippen LogP contribution < -0.4 is 5.43 Å². The zero-order chi connectivity index (χ0) is 11.5. The molecule has 2 heterocycles. The molecule has 0 atom stereocenters. The first-order chi connectivity index (χ1) is 7.66. The minimum absolute atomic E-state index is 0.747. The van der Waals surface area contributed by atoms with Crippen molar-refractivity contribution in [3.8, 4) is 0 Å². The van der Waals surface area contributed by atoms with Gasteiger partial charge in [-0.1, -0.05) is 6.07 Å². The second-order valence-electron chi connectivity index (χ2n) is 4.11. The van der Waals surface area contributed by atoms with E-state index in [0.717, 1.165) is 12.2 Å². The number of aryl methyl sites for hydroxylation is 3. The van der Waals surface area contributed by atoms with Crippen molar-refractivity contribution < 1.29 is 0 Å². The summed E-state index contributed by atoms with van der Waals surface area (Å²) in [5.74, 6) is 0. The molecule has 0 aliphatic carbocycles. The van der Waals surface area contributed by atoms with Crippen LogP contribution in [-0.2, 0) is 6.54 Å². The fraction of sp³-hybridized carbons (Fsp3) is 0.308. The average molecular weight is 215 g/mol. The molecule has 0 radical (unpaired) electrons. The van der Waals surface area contributed by atoms with Crippen molar-refractivity contribution in [3.05, 3.63) is 53.1 Å². The van der Waals surface area contributed by atoms with Crippen molar-refractivity contribution in [1.82, 2.24) is 9.66 Å². The maximum absolute atomic E-state index is 4.36. The van der Waals surface area contributed by atoms with E-state index in [-0.39, 0.29) is 0 Å². The molecule has 0 unspecified atom stereocenters. The van der Waals surface area contributed by atoms with E-state index in [1.807, 2.05) is 13.1 Å². The van der Waals surface area contributed by atoms with Crippen LogP contribution in [-0.4, -0.2) is 9.66 Å². The van der Waals surface area contributed by atoms with Gasteiger partial charge in [-0.05, 0) is 44.5 Å². The Hall–Kier alpha value is -1.77. The summed E-state index contributed by atoms with van der Waals surface area (Å²) in [5, 5.41) is 0. The maximum atomic E-state index is 4.36. The first kappa shape index (κ1) is 10.7. The van der Waals surface area contributed by atoms with Crippen LogP contribution in [0.4, 0.5) is 0 Å². The Labute approximate surface area is 96.1 Å². The predicted octanol–water partition coefficient (Wildman–Crippen LogP) is 2.55. The predicted molar refractivity (Wildman–Crippen MR) is 65.9 cm³/mol. The van der Waals surface area contributed by atoms with Crippen LogP contribution in [0.15, 0.2) is 30.5 Å². The first-order valence-corrected chi connectivity index (χ1v) is 5.47. The fourth-order valence-electron chi connectivity index (χ4n) is 1.68. The summed E-state index contributed by atoms with van der Waals surface area (Å²) in [6.45, 7) is 6.96. The molecule has 0 aromatic carbocycles. The van der Waals surface area contributed by atoms with Gasteiger partial charge < -0.3 is 5.43 Å². The lowest BCUT2D eigenvalue weighted by Gasteiger charge is -2.12. The Morgan fingerprint density at radius 3 is 2.31 bits per heavy atom. The molecule has 2 aromatic heterocycles. The molecule has 16 heavy (non-hydrogen) atoms. The normalized spacial score (nSPS) is 10.4. The quantitative estimate of drug-likeness (QED) is 0.852. The van der Waals surface area contributed by atoms with Gasteiger partial charge in [0, 0.05) is 17.6 Å². The molecule has 0 amide bonds. The lowest BCUT2D eigenvalue weighted by Crippen LogP contribution is -2.17. The highest BCUT2D eigenvalue weighted by molar-refractivity contribution is 5.17. The Morgan fingerprint density at radius 2 is 1.75 bits per heavy atom. The molecule has 1 N–H and O–H groups in total. The van der Waals surface area contributed by atoms with Gasteiger partial charge in [0.05, 0.1) is 12.2 Å². The summed E-state index contributed by atoms with van der Waals surface area (Å²) in [5.41, 5.74) is 8.02. The molecule has 0 saturated carbocycles. The van der Waals surface area contributed by atoms with Gasteiger partial charge in [0.25, 0.3) is 0 Å². The summed E-state index contributed by atoms with van der Waals surface area (Å²) >= 11 is 0. The van der Waals surface area contributed by atoms with Gasteiger partial charge in [-0.15, -0.1) is 0 Å². The van der Waals surface area contributed by atoms with Gasteiger partial charge in [-0.3, -0.25) is 9.66 Å². The molecule has 0 spiro atoms. The van der Waals surface area contributed by atoms with Crippen LogP contribution >= 0.6 is 0 Å². The highest BCUT2D eigenvalue weighted by atomic mass is 15.4. The topological polar surface area (TPSA) is 29.9 Å². The number of aromatic nitrogens is 2. The number of nitrogens with zero attached hydrogens (tertiary/aromatic N) is 2. The summed E-state index contributed by atoms with van der Waals surface area (Å²) in [7, 11) is 0. The van der Waals surface area contributed by atoms with Gasteiger partial charge in [0.1, 0.15) is 0 Å². The molecule has 0 aliphatic rings. The zero-order valence-corrected chi connectivity index (χ0v) is 9.99. The van der Waals surface area contributed by atoms with E-state index in [9.17, 15) is 0 Å². The van der Waals surface area contributed by atoms with Crippen LogP contribution in [0.1, 0.15) is 22.6 Å². The van der Waals surface area contributed by atoms with Crippen molar-refractivity contribution in [2.75, 3.05) is 5.43 Å². The number of hydrogen-bond donors (Lipinski definition) is 1. The molecule has 3 heteroatoms. The Balaban J connectivity index is 2.05. The van der Waals surface area contributed by atoms with Crippen LogP contribution in [0.5, 0.6) is 0 Å². The minimum atomic E-state index is 0.747. The maximum Gasteiger partial charge on any atom is 0.0736 e. The lowest BCUT2D eigenvalue weighted by atomic mass is 10.3. The monoisotopic (exact) mass is 215 g/mol. The van der Waals surface area contributed by atoms with Crippen LogP contribution in [0.25, 0.3) is 0 Å². The summed E-state index contributed by atoms with van der Waals surface area (Å²) < 4.78 is 2.08. The van der Waals surface area contributed by atoms with Gasteiger partial charge in [0.15, 0.2) is 0 Å². The molecule has 2 rings (SSSR count). The Kier molecular flexibility index (Phi) is 2.95. The van der Waals surface area contributed by atoms with Crippen LogP contribution in [0.2, 0.25) is 0 Å². The van der Waals surface area contributed by atoms with Crippen LogP contribution in [0, 0.1) is 20.8 Å². The second kappa shape index (κ2) is 4.39. The molecule has 2 aromatic rings. The summed E-state index contributed by atoms with van der Waals surface area (Å²) in [6, 6.07) is 8.34. The van der Waals surface area contributed by atoms with E-state index >= 15 is 0 Å². The minimum Gasteiger partial charge on any atom is -0.320 e. The third-order valence-electron chi connectivity index (χ3n) is 2.66. The largest absolute Gasteiger partial charge is 0.320 e. The standard InChI is InChI=1S/C13H17N3/c1-10-4-7-13(14-8-10)9-15-16-11(2)5-6-12(16)3/h4-8,15H,9H2,1-3H3. The van der Waals surface area contributed by atoms with Gasteiger partial charge in [-0.25, -0.2) is 0 Å². The number of pyridine rings is 1. The van der Waals surface area contributed by atoms with E-state index in [2.05, 4.69) is 53.2 Å². The number of nitrogens with one attached hydrogen (secondary N) is 1. The molecule has 0 saturated heterocycles. The third-order valence-corrected chi connectivity index (χ3v) is 2.66. The van der Waals surface area contributed by atoms with E-state index in [4.69, 9.17) is 0 Å². The van der Waals surface area contributed by atoms with Crippen molar-refractivity contribution in [3.63, 3.8) is 0 Å². The van der Waals surface area contributed by atoms with Crippen molar-refractivity contribution in [2.45, 2.75) is 27.3 Å². The molecule has 0 bridgehead atoms. The zero-order valence-electron chi connectivity index (χ0n) is 9.99. The molecule has 0 fully saturated rings. The lowest BCUT2D eigenvalue weighted by molar-refractivity contribution is 0.780. The number of rotatable bonds is 3. The fourth-order valence-corrected chi connectivity index (χ4v) is 1.68. The summed E-state index contributed by atoms with van der Waals surface area (Å²) in [6.07, 6.45) is 1.90. The Bertz CT molecular complexity index is 449. The van der Waals surface area contributed by atoms with Crippen molar-refractivity contribution in [2.24, 2.45) is 0 Å². The summed E-state index contributed by atoms with van der Waals surface area (Å²) in [4.78, 5) is 4.36. The first-order valence-electron chi connectivity index (χ1n) is 5.47. The van der Waals surface area contributed by atoms with Gasteiger partial charge in [-0.2, -0.15) is 0 Å². The molecular formula is C13H17N3. The van der Waals surface area contributed by atoms with Gasteiger partial charge >= 0.3 is 0 Å². The van der Waals surface area contributed by atoms with E-state index in [0.29, 0.717) is 0 Å². The van der Waals surface area contributed by atoms with E-state index < -0.39 is 0 Å². The van der Waals surface area contributed by atoms with Gasteiger partial charge in [0.2, 0.25) is 0 Å². The Morgan fingerprint density at radius 1 is 1.06 bits per heavy atom. The number of hydrogen-bond acceptors (Lipinski definition) is 2. The highest BCUT2D eigenvalue weighted by Crippen LogP contribution is 2.05. The highest BCUT2D eigenvalue weighted by Gasteiger charge is 2.00.